The molecule has 1 atom stereocenters. The molecule has 2 rings (SSSR count). The highest BCUT2D eigenvalue weighted by molar-refractivity contribution is 7.20. The van der Waals surface area contributed by atoms with Crippen LogP contribution in [0.2, 0.25) is 8.67 Å². The molecule has 2 nitrogen and oxygen atoms in total. The van der Waals surface area contributed by atoms with E-state index < -0.39 is 11.9 Å². The van der Waals surface area contributed by atoms with Crippen LogP contribution in [0.4, 0.5) is 4.39 Å². The molecule has 0 fully saturated rings. The van der Waals surface area contributed by atoms with Crippen molar-refractivity contribution in [2.45, 2.75) is 6.04 Å². The van der Waals surface area contributed by atoms with Crippen LogP contribution in [0.1, 0.15) is 17.2 Å². The zero-order valence-corrected chi connectivity index (χ0v) is 10.3. The average molecular weight is 277 g/mol. The first-order valence-electron chi connectivity index (χ1n) is 4.38. The van der Waals surface area contributed by atoms with Gasteiger partial charge in [0.05, 0.1) is 20.9 Å². The van der Waals surface area contributed by atoms with Gasteiger partial charge in [0.25, 0.3) is 0 Å². The number of halogens is 3. The van der Waals surface area contributed by atoms with Gasteiger partial charge in [-0.15, -0.1) is 11.3 Å². The fourth-order valence-electron chi connectivity index (χ4n) is 1.34. The summed E-state index contributed by atoms with van der Waals surface area (Å²) in [5, 5.41) is 0. The first kappa shape index (κ1) is 11.8. The second kappa shape index (κ2) is 4.67. The van der Waals surface area contributed by atoms with Crippen LogP contribution < -0.4 is 5.73 Å². The van der Waals surface area contributed by atoms with E-state index in [4.69, 9.17) is 28.9 Å². The Labute approximate surface area is 106 Å². The number of rotatable bonds is 2. The summed E-state index contributed by atoms with van der Waals surface area (Å²) < 4.78 is 14.0. The summed E-state index contributed by atoms with van der Waals surface area (Å²) in [6, 6.07) is 2.50. The average Bonchev–Trinajstić information content (AvgIpc) is 2.57. The Bertz CT molecular complexity index is 515. The molecule has 2 N–H and O–H groups in total. The van der Waals surface area contributed by atoms with Crippen LogP contribution in [0, 0.1) is 5.82 Å². The first-order valence-corrected chi connectivity index (χ1v) is 5.96. The van der Waals surface area contributed by atoms with E-state index in [2.05, 4.69) is 4.98 Å². The molecule has 1 unspecified atom stereocenters. The molecule has 84 valence electrons. The molecule has 0 bridgehead atoms. The number of hydrogen-bond acceptors (Lipinski definition) is 3. The summed E-state index contributed by atoms with van der Waals surface area (Å²) >= 11 is 13.0. The molecule has 0 spiro atoms. The zero-order chi connectivity index (χ0) is 11.7. The summed E-state index contributed by atoms with van der Waals surface area (Å²) in [6.07, 6.45) is 2.63. The Balaban J connectivity index is 2.38. The van der Waals surface area contributed by atoms with Gasteiger partial charge in [-0.2, -0.15) is 0 Å². The Morgan fingerprint density at radius 2 is 2.06 bits per heavy atom. The van der Waals surface area contributed by atoms with Crippen molar-refractivity contribution >= 4 is 34.5 Å². The molecule has 0 radical (unpaired) electrons. The summed E-state index contributed by atoms with van der Waals surface area (Å²) in [6.45, 7) is 0. The van der Waals surface area contributed by atoms with E-state index in [1.165, 1.54) is 23.6 Å². The highest BCUT2D eigenvalue weighted by Gasteiger charge is 2.16. The third-order valence-corrected chi connectivity index (χ3v) is 3.62. The van der Waals surface area contributed by atoms with Gasteiger partial charge in [-0.1, -0.05) is 23.2 Å². The van der Waals surface area contributed by atoms with Crippen LogP contribution in [0.3, 0.4) is 0 Å². The van der Waals surface area contributed by atoms with Gasteiger partial charge < -0.3 is 5.73 Å². The molecular formula is C10H7Cl2FN2S. The summed E-state index contributed by atoms with van der Waals surface area (Å²) in [5.41, 5.74) is 7.21. The van der Waals surface area contributed by atoms with Gasteiger partial charge in [0.2, 0.25) is 0 Å². The molecule has 2 heterocycles. The minimum absolute atomic E-state index is 0.426. The molecule has 0 amide bonds. The molecule has 0 aliphatic carbocycles. The Kier molecular flexibility index (Phi) is 3.44. The maximum atomic E-state index is 13.0. The van der Waals surface area contributed by atoms with Crippen LogP contribution in [-0.4, -0.2) is 4.98 Å². The first-order chi connectivity index (χ1) is 7.58. The van der Waals surface area contributed by atoms with E-state index in [0.29, 0.717) is 19.8 Å². The van der Waals surface area contributed by atoms with Gasteiger partial charge in [-0.25, -0.2) is 4.39 Å². The third-order valence-electron chi connectivity index (χ3n) is 2.10. The van der Waals surface area contributed by atoms with E-state index in [0.717, 1.165) is 6.20 Å². The monoisotopic (exact) mass is 276 g/mol. The van der Waals surface area contributed by atoms with Crippen LogP contribution >= 0.6 is 34.5 Å². The van der Waals surface area contributed by atoms with E-state index >= 15 is 0 Å². The van der Waals surface area contributed by atoms with E-state index in [-0.39, 0.29) is 0 Å². The lowest BCUT2D eigenvalue weighted by Crippen LogP contribution is -2.11. The van der Waals surface area contributed by atoms with Gasteiger partial charge in [0.15, 0.2) is 0 Å². The number of thiophene rings is 1. The molecule has 16 heavy (non-hydrogen) atoms. The number of nitrogens with two attached hydrogens (primary N) is 1. The summed E-state index contributed by atoms with van der Waals surface area (Å²) in [5.74, 6) is -0.426. The highest BCUT2D eigenvalue weighted by atomic mass is 35.5. The quantitative estimate of drug-likeness (QED) is 0.910. The van der Waals surface area contributed by atoms with Crippen molar-refractivity contribution in [2.75, 3.05) is 0 Å². The fourth-order valence-corrected chi connectivity index (χ4v) is 2.89. The highest BCUT2D eigenvalue weighted by Crippen LogP contribution is 2.36. The Morgan fingerprint density at radius 1 is 1.31 bits per heavy atom. The van der Waals surface area contributed by atoms with Gasteiger partial charge in [-0.3, -0.25) is 4.98 Å². The molecule has 0 aliphatic rings. The lowest BCUT2D eigenvalue weighted by molar-refractivity contribution is 0.616. The maximum Gasteiger partial charge on any atom is 0.141 e. The Morgan fingerprint density at radius 3 is 2.62 bits per heavy atom. The predicted molar refractivity (Wildman–Crippen MR) is 64.6 cm³/mol. The molecule has 0 aromatic carbocycles. The second-order valence-electron chi connectivity index (χ2n) is 3.19. The lowest BCUT2D eigenvalue weighted by atomic mass is 10.0. The Hall–Kier alpha value is -0.680. The second-order valence-corrected chi connectivity index (χ2v) is 5.48. The number of nitrogens with zero attached hydrogens (tertiary/aromatic N) is 1. The standard InChI is InChI=1S/C10H7Cl2FN2S/c11-8-2-7(10(12)16-8)9(14)5-1-6(13)4-15-3-5/h1-4,9H,14H2. The molecule has 0 aliphatic heterocycles. The van der Waals surface area contributed by atoms with Gasteiger partial charge in [-0.05, 0) is 17.7 Å². The molecule has 2 aromatic heterocycles. The van der Waals surface area contributed by atoms with Crippen molar-refractivity contribution in [3.8, 4) is 0 Å². The van der Waals surface area contributed by atoms with E-state index in [1.54, 1.807) is 6.07 Å². The van der Waals surface area contributed by atoms with E-state index in [1.807, 2.05) is 0 Å². The van der Waals surface area contributed by atoms with Crippen molar-refractivity contribution in [2.24, 2.45) is 5.73 Å². The molecule has 2 aromatic rings. The molecule has 6 heteroatoms. The molecular weight excluding hydrogens is 270 g/mol. The van der Waals surface area contributed by atoms with Crippen LogP contribution in [0.15, 0.2) is 24.5 Å². The lowest BCUT2D eigenvalue weighted by Gasteiger charge is -2.10. The van der Waals surface area contributed by atoms with Crippen molar-refractivity contribution in [1.82, 2.24) is 4.98 Å². The molecule has 0 saturated heterocycles. The SMILES string of the molecule is NC(c1cncc(F)c1)c1cc(Cl)sc1Cl. The minimum Gasteiger partial charge on any atom is -0.320 e. The maximum absolute atomic E-state index is 13.0. The fraction of sp³-hybridized carbons (Fsp3) is 0.100. The largest absolute Gasteiger partial charge is 0.320 e. The predicted octanol–water partition coefficient (Wildman–Crippen LogP) is 3.64. The minimum atomic E-state index is -0.514. The topological polar surface area (TPSA) is 38.9 Å². The van der Waals surface area contributed by atoms with Crippen molar-refractivity contribution in [3.63, 3.8) is 0 Å². The van der Waals surface area contributed by atoms with Gasteiger partial charge in [0.1, 0.15) is 5.82 Å². The smallest absolute Gasteiger partial charge is 0.141 e. The molecule has 0 saturated carbocycles. The van der Waals surface area contributed by atoms with Gasteiger partial charge >= 0.3 is 0 Å². The van der Waals surface area contributed by atoms with Gasteiger partial charge in [0, 0.05) is 11.8 Å². The van der Waals surface area contributed by atoms with Crippen LogP contribution in [-0.2, 0) is 0 Å². The number of aromatic nitrogens is 1. The van der Waals surface area contributed by atoms with E-state index in [9.17, 15) is 4.39 Å². The number of pyridine rings is 1. The zero-order valence-electron chi connectivity index (χ0n) is 7.95. The number of hydrogen-bond donors (Lipinski definition) is 1. The van der Waals surface area contributed by atoms with Crippen LogP contribution in [0.5, 0.6) is 0 Å². The summed E-state index contributed by atoms with van der Waals surface area (Å²) in [7, 11) is 0. The van der Waals surface area contributed by atoms with Crippen LogP contribution in [0.25, 0.3) is 0 Å². The normalized spacial score (nSPS) is 12.8. The van der Waals surface area contributed by atoms with Crippen molar-refractivity contribution in [1.29, 1.82) is 0 Å². The van der Waals surface area contributed by atoms with Crippen molar-refractivity contribution in [3.05, 3.63) is 50.1 Å². The third kappa shape index (κ3) is 2.35. The van der Waals surface area contributed by atoms with Crippen molar-refractivity contribution < 1.29 is 4.39 Å². The summed E-state index contributed by atoms with van der Waals surface area (Å²) in [4.78, 5) is 3.74.